The minimum Gasteiger partial charge on any atom is -0.369 e. The molecule has 1 saturated heterocycles. The Morgan fingerprint density at radius 1 is 1.06 bits per heavy atom. The molecule has 0 aliphatic carbocycles. The summed E-state index contributed by atoms with van der Waals surface area (Å²) in [7, 11) is 4.20. The molecule has 1 fully saturated rings. The number of halogens is 2. The Morgan fingerprint density at radius 3 is 2.57 bits per heavy atom. The number of nitrogens with zero attached hydrogens (tertiary/aromatic N) is 7. The largest absolute Gasteiger partial charge is 0.369 e. The van der Waals surface area contributed by atoms with Gasteiger partial charge < -0.3 is 15.1 Å². The first-order valence-corrected chi connectivity index (χ1v) is 11.6. The lowest BCUT2D eigenvalue weighted by molar-refractivity contribution is 0.315. The van der Waals surface area contributed by atoms with Crippen LogP contribution in [-0.4, -0.2) is 62.9 Å². The van der Waals surface area contributed by atoms with Gasteiger partial charge in [0, 0.05) is 30.7 Å². The van der Waals surface area contributed by atoms with Crippen LogP contribution >= 0.6 is 0 Å². The number of nitrogens with one attached hydrogen (secondary N) is 1. The van der Waals surface area contributed by atoms with Crippen LogP contribution in [0.3, 0.4) is 0 Å². The Hall–Kier alpha value is -3.66. The zero-order chi connectivity index (χ0) is 24.7. The molecule has 0 amide bonds. The molecular weight excluding hydrogens is 450 g/mol. The van der Waals surface area contributed by atoms with Gasteiger partial charge in [0.15, 0.2) is 5.82 Å². The lowest BCUT2D eigenvalue weighted by Crippen LogP contribution is -2.31. The molecule has 182 valence electrons. The van der Waals surface area contributed by atoms with E-state index in [1.165, 1.54) is 12.3 Å². The number of pyridine rings is 1. The van der Waals surface area contributed by atoms with Crippen LogP contribution in [-0.2, 0) is 0 Å². The first-order valence-electron chi connectivity index (χ1n) is 11.6. The van der Waals surface area contributed by atoms with Crippen molar-refractivity contribution in [3.63, 3.8) is 0 Å². The standard InChI is InChI=1S/C25H28F2N8/c1-15(2)35-22-10-16(9-20(26)19(22)12-30-35)24-21(27)13-29-25(32-24)31-23-6-5-17(11-28-23)34-8-7-18(14-34)33(3)4/h5-6,9-13,15,18H,7-8,14H2,1-4H3,(H,28,29,31,32). The summed E-state index contributed by atoms with van der Waals surface area (Å²) >= 11 is 0. The van der Waals surface area contributed by atoms with Crippen LogP contribution in [0.2, 0.25) is 0 Å². The molecule has 1 atom stereocenters. The summed E-state index contributed by atoms with van der Waals surface area (Å²) in [5.74, 6) is -0.409. The summed E-state index contributed by atoms with van der Waals surface area (Å²) in [6.07, 6.45) is 5.48. The van der Waals surface area contributed by atoms with Crippen molar-refractivity contribution in [3.8, 4) is 11.3 Å². The van der Waals surface area contributed by atoms with Crippen LogP contribution in [0.5, 0.6) is 0 Å². The SMILES string of the molecule is CC(C)n1ncc2c(F)cc(-c3nc(Nc4ccc(N5CCC(N(C)C)C5)cn4)ncc3F)cc21. The van der Waals surface area contributed by atoms with Crippen LogP contribution in [0, 0.1) is 11.6 Å². The van der Waals surface area contributed by atoms with Crippen LogP contribution in [0.15, 0.2) is 42.9 Å². The highest BCUT2D eigenvalue weighted by Gasteiger charge is 2.24. The molecule has 35 heavy (non-hydrogen) atoms. The second-order valence-electron chi connectivity index (χ2n) is 9.34. The summed E-state index contributed by atoms with van der Waals surface area (Å²) in [6.45, 7) is 5.85. The average molecular weight is 479 g/mol. The van der Waals surface area contributed by atoms with Gasteiger partial charge in [0.2, 0.25) is 5.95 Å². The van der Waals surface area contributed by atoms with Gasteiger partial charge in [-0.2, -0.15) is 5.10 Å². The number of hydrogen-bond acceptors (Lipinski definition) is 7. The Balaban J connectivity index is 1.39. The molecule has 1 unspecified atom stereocenters. The second-order valence-corrected chi connectivity index (χ2v) is 9.34. The van der Waals surface area contributed by atoms with Gasteiger partial charge in [0.1, 0.15) is 17.3 Å². The fourth-order valence-electron chi connectivity index (χ4n) is 4.44. The first kappa shape index (κ1) is 23.1. The van der Waals surface area contributed by atoms with Gasteiger partial charge in [-0.1, -0.05) is 0 Å². The van der Waals surface area contributed by atoms with Crippen molar-refractivity contribution in [1.29, 1.82) is 0 Å². The molecule has 10 heteroatoms. The maximum absolute atomic E-state index is 14.8. The highest BCUT2D eigenvalue weighted by molar-refractivity contribution is 5.84. The van der Waals surface area contributed by atoms with E-state index in [0.717, 1.165) is 31.4 Å². The van der Waals surface area contributed by atoms with Crippen molar-refractivity contribution in [2.75, 3.05) is 37.4 Å². The van der Waals surface area contributed by atoms with E-state index in [1.54, 1.807) is 16.9 Å². The Kier molecular flexibility index (Phi) is 6.06. The van der Waals surface area contributed by atoms with Crippen molar-refractivity contribution < 1.29 is 8.78 Å². The number of rotatable bonds is 6. The number of likely N-dealkylation sites (N-methyl/N-ethyl adjacent to an activating group) is 1. The zero-order valence-corrected chi connectivity index (χ0v) is 20.2. The second kappa shape index (κ2) is 9.18. The summed E-state index contributed by atoms with van der Waals surface area (Å²) in [5.41, 5.74) is 1.95. The lowest BCUT2D eigenvalue weighted by atomic mass is 10.1. The summed E-state index contributed by atoms with van der Waals surface area (Å²) in [6, 6.07) is 7.37. The molecule has 1 aromatic carbocycles. The molecule has 0 bridgehead atoms. The number of aromatic nitrogens is 5. The molecule has 8 nitrogen and oxygen atoms in total. The maximum atomic E-state index is 14.8. The molecule has 4 aromatic rings. The topological polar surface area (TPSA) is 75.0 Å². The predicted molar refractivity (Wildman–Crippen MR) is 133 cm³/mol. The first-order chi connectivity index (χ1) is 16.8. The lowest BCUT2D eigenvalue weighted by Gasteiger charge is -2.21. The van der Waals surface area contributed by atoms with Crippen molar-refractivity contribution in [1.82, 2.24) is 29.6 Å². The van der Waals surface area contributed by atoms with Crippen molar-refractivity contribution >= 4 is 28.4 Å². The maximum Gasteiger partial charge on any atom is 0.229 e. The van der Waals surface area contributed by atoms with E-state index in [4.69, 9.17) is 0 Å². The van der Waals surface area contributed by atoms with Crippen molar-refractivity contribution in [2.45, 2.75) is 32.4 Å². The summed E-state index contributed by atoms with van der Waals surface area (Å²) in [5, 5.41) is 7.67. The number of fused-ring (bicyclic) bond motifs is 1. The van der Waals surface area contributed by atoms with Gasteiger partial charge in [-0.25, -0.2) is 23.7 Å². The van der Waals surface area contributed by atoms with Gasteiger partial charge in [-0.05, 0) is 58.6 Å². The molecule has 4 heterocycles. The Bertz CT molecular complexity index is 1350. The monoisotopic (exact) mass is 478 g/mol. The predicted octanol–water partition coefficient (Wildman–Crippen LogP) is 4.63. The van der Waals surface area contributed by atoms with Crippen LogP contribution in [0.25, 0.3) is 22.2 Å². The van der Waals surface area contributed by atoms with Crippen LogP contribution in [0.4, 0.5) is 26.2 Å². The van der Waals surface area contributed by atoms with Crippen molar-refractivity contribution in [2.24, 2.45) is 0 Å². The normalized spacial score (nSPS) is 16.1. The molecule has 0 radical (unpaired) electrons. The molecule has 1 N–H and O–H groups in total. The Morgan fingerprint density at radius 2 is 1.89 bits per heavy atom. The fraction of sp³-hybridized carbons (Fsp3) is 0.360. The van der Waals surface area contributed by atoms with E-state index in [-0.39, 0.29) is 17.7 Å². The van der Waals surface area contributed by atoms with E-state index in [1.807, 2.05) is 26.0 Å². The summed E-state index contributed by atoms with van der Waals surface area (Å²) in [4.78, 5) is 17.4. The highest BCUT2D eigenvalue weighted by Crippen LogP contribution is 2.30. The van der Waals surface area contributed by atoms with Crippen LogP contribution in [0.1, 0.15) is 26.3 Å². The third-order valence-electron chi connectivity index (χ3n) is 6.42. The average Bonchev–Trinajstić information content (AvgIpc) is 3.49. The van der Waals surface area contributed by atoms with Crippen LogP contribution < -0.4 is 10.2 Å². The Labute approximate surface area is 202 Å². The number of benzene rings is 1. The fourth-order valence-corrected chi connectivity index (χ4v) is 4.44. The summed E-state index contributed by atoms with van der Waals surface area (Å²) < 4.78 is 31.2. The molecule has 5 rings (SSSR count). The molecular formula is C25H28F2N8. The van der Waals surface area contributed by atoms with Gasteiger partial charge in [-0.3, -0.25) is 4.68 Å². The third kappa shape index (κ3) is 4.53. The minimum atomic E-state index is -0.641. The number of hydrogen-bond donors (Lipinski definition) is 1. The highest BCUT2D eigenvalue weighted by atomic mass is 19.1. The minimum absolute atomic E-state index is 0.00298. The third-order valence-corrected chi connectivity index (χ3v) is 6.42. The van der Waals surface area contributed by atoms with Crippen molar-refractivity contribution in [3.05, 3.63) is 54.5 Å². The molecule has 0 saturated carbocycles. The molecule has 0 spiro atoms. The van der Waals surface area contributed by atoms with E-state index in [2.05, 4.69) is 49.3 Å². The van der Waals surface area contributed by atoms with E-state index < -0.39 is 11.6 Å². The van der Waals surface area contributed by atoms with Gasteiger partial charge in [0.05, 0.1) is 35.2 Å². The van der Waals surface area contributed by atoms with Gasteiger partial charge >= 0.3 is 0 Å². The zero-order valence-electron chi connectivity index (χ0n) is 20.2. The quantitative estimate of drug-likeness (QED) is 0.433. The van der Waals surface area contributed by atoms with Gasteiger partial charge in [-0.15, -0.1) is 0 Å². The molecule has 1 aliphatic rings. The smallest absolute Gasteiger partial charge is 0.229 e. The number of anilines is 3. The molecule has 1 aliphatic heterocycles. The van der Waals surface area contributed by atoms with E-state index >= 15 is 0 Å². The van der Waals surface area contributed by atoms with E-state index in [9.17, 15) is 8.78 Å². The van der Waals surface area contributed by atoms with Gasteiger partial charge in [0.25, 0.3) is 0 Å². The van der Waals surface area contributed by atoms with E-state index in [0.29, 0.717) is 28.3 Å². The molecule has 3 aromatic heterocycles.